The zero-order valence-corrected chi connectivity index (χ0v) is 12.8. The molecule has 0 aliphatic rings. The minimum atomic E-state index is 0.408. The van der Waals surface area contributed by atoms with E-state index in [4.69, 9.17) is 22.7 Å². The van der Waals surface area contributed by atoms with Gasteiger partial charge >= 0.3 is 0 Å². The van der Waals surface area contributed by atoms with Crippen molar-refractivity contribution in [2.24, 2.45) is 0 Å². The molecule has 0 saturated carbocycles. The second kappa shape index (κ2) is 9.06. The first-order valence-corrected chi connectivity index (χ1v) is 6.43. The molecule has 0 amide bonds. The molecule has 0 unspecified atom stereocenters. The van der Waals surface area contributed by atoms with Crippen LogP contribution in [0.2, 0.25) is 5.02 Å². The van der Waals surface area contributed by atoms with Crippen LogP contribution in [0.3, 0.4) is 0 Å². The molecule has 0 aromatic heterocycles. The van der Waals surface area contributed by atoms with Crippen molar-refractivity contribution >= 4 is 23.0 Å². The third kappa shape index (κ3) is 4.78. The van der Waals surface area contributed by atoms with E-state index in [9.17, 15) is 0 Å². The van der Waals surface area contributed by atoms with E-state index in [1.807, 2.05) is 47.6 Å². The van der Waals surface area contributed by atoms with Crippen LogP contribution in [0, 0.1) is 19.3 Å². The molecule has 1 aromatic rings. The van der Waals surface area contributed by atoms with Crippen molar-refractivity contribution in [2.75, 3.05) is 5.73 Å². The third-order valence-corrected chi connectivity index (χ3v) is 2.65. The zero-order chi connectivity index (χ0) is 14.2. The topological polar surface area (TPSA) is 49.9 Å². The first-order chi connectivity index (χ1) is 7.95. The van der Waals surface area contributed by atoms with Crippen LogP contribution in [0.25, 0.3) is 0 Å². The molecular formula is C14H25ClN2. The highest BCUT2D eigenvalue weighted by atomic mass is 35.5. The Hall–Kier alpha value is -1.02. The molecule has 0 atom stereocenters. The van der Waals surface area contributed by atoms with Gasteiger partial charge in [-0.3, -0.25) is 0 Å². The Morgan fingerprint density at radius 1 is 1.18 bits per heavy atom. The average molecular weight is 257 g/mol. The van der Waals surface area contributed by atoms with Gasteiger partial charge in [0.25, 0.3) is 0 Å². The minimum Gasteiger partial charge on any atom is -0.398 e. The molecule has 98 valence electrons. The van der Waals surface area contributed by atoms with E-state index in [0.717, 1.165) is 11.1 Å². The second-order valence-electron chi connectivity index (χ2n) is 3.22. The second-order valence-corrected chi connectivity index (χ2v) is 3.60. The van der Waals surface area contributed by atoms with Gasteiger partial charge in [0.15, 0.2) is 0 Å². The normalized spacial score (nSPS) is 8.47. The minimum absolute atomic E-state index is 0.408. The molecular weight excluding hydrogens is 232 g/mol. The van der Waals surface area contributed by atoms with Gasteiger partial charge in [-0.15, -0.1) is 0 Å². The lowest BCUT2D eigenvalue weighted by atomic mass is 10.0. The number of anilines is 1. The molecule has 0 heterocycles. The molecule has 3 N–H and O–H groups in total. The van der Waals surface area contributed by atoms with Crippen LogP contribution >= 0.6 is 11.6 Å². The fourth-order valence-electron chi connectivity index (χ4n) is 1.28. The molecule has 1 aromatic carbocycles. The maximum atomic E-state index is 7.52. The molecule has 0 fully saturated rings. The van der Waals surface area contributed by atoms with Crippen molar-refractivity contribution < 1.29 is 0 Å². The van der Waals surface area contributed by atoms with Crippen LogP contribution in [0.4, 0.5) is 5.69 Å². The van der Waals surface area contributed by atoms with Crippen LogP contribution < -0.4 is 5.73 Å². The van der Waals surface area contributed by atoms with Crippen molar-refractivity contribution in [3.05, 3.63) is 27.8 Å². The van der Waals surface area contributed by atoms with Crippen LogP contribution in [0.5, 0.6) is 0 Å². The summed E-state index contributed by atoms with van der Waals surface area (Å²) in [4.78, 5) is 0. The Bertz CT molecular complexity index is 371. The number of nitrogens with one attached hydrogen (secondary N) is 1. The van der Waals surface area contributed by atoms with Gasteiger partial charge in [-0.1, -0.05) is 39.3 Å². The SMILES string of the molecule is CC.CC.CC(=N)c1c(N)cc(C)c(C)c1Cl. The number of rotatable bonds is 1. The summed E-state index contributed by atoms with van der Waals surface area (Å²) < 4.78 is 0. The monoisotopic (exact) mass is 256 g/mol. The Balaban J connectivity index is 0. The largest absolute Gasteiger partial charge is 0.398 e. The lowest BCUT2D eigenvalue weighted by molar-refractivity contribution is 1.32. The van der Waals surface area contributed by atoms with Crippen LogP contribution in [0.15, 0.2) is 6.07 Å². The van der Waals surface area contributed by atoms with E-state index >= 15 is 0 Å². The van der Waals surface area contributed by atoms with Gasteiger partial charge in [0.1, 0.15) is 0 Å². The fraction of sp³-hybridized carbons (Fsp3) is 0.500. The molecule has 17 heavy (non-hydrogen) atoms. The lowest BCUT2D eigenvalue weighted by Gasteiger charge is -2.11. The molecule has 1 rings (SSSR count). The summed E-state index contributed by atoms with van der Waals surface area (Å²) in [5.74, 6) is 0. The summed E-state index contributed by atoms with van der Waals surface area (Å²) in [6.45, 7) is 13.6. The lowest BCUT2D eigenvalue weighted by Crippen LogP contribution is -2.03. The number of nitrogen functional groups attached to an aromatic ring is 1. The summed E-state index contributed by atoms with van der Waals surface area (Å²) in [7, 11) is 0. The van der Waals surface area contributed by atoms with E-state index in [1.165, 1.54) is 0 Å². The highest BCUT2D eigenvalue weighted by molar-refractivity contribution is 6.35. The van der Waals surface area contributed by atoms with Crippen LogP contribution in [-0.2, 0) is 0 Å². The highest BCUT2D eigenvalue weighted by Gasteiger charge is 2.11. The molecule has 2 nitrogen and oxygen atoms in total. The molecule has 0 radical (unpaired) electrons. The number of nitrogens with two attached hydrogens (primary N) is 1. The number of hydrogen-bond acceptors (Lipinski definition) is 2. The standard InChI is InChI=1S/C10H13ClN2.2C2H6/c1-5-4-8(13)9(7(3)12)10(11)6(5)2;2*1-2/h4,12H,13H2,1-3H3;2*1-2H3. The van der Waals surface area contributed by atoms with Gasteiger partial charge in [-0.05, 0) is 38.0 Å². The van der Waals surface area contributed by atoms with Crippen molar-refractivity contribution in [3.63, 3.8) is 0 Å². The maximum absolute atomic E-state index is 7.52. The number of halogens is 1. The predicted molar refractivity (Wildman–Crippen MR) is 80.5 cm³/mol. The Labute approximate surface area is 111 Å². The predicted octanol–water partition coefficient (Wildman–Crippen LogP) is 4.98. The van der Waals surface area contributed by atoms with Gasteiger partial charge in [0.2, 0.25) is 0 Å². The van der Waals surface area contributed by atoms with E-state index in [-0.39, 0.29) is 0 Å². The summed E-state index contributed by atoms with van der Waals surface area (Å²) in [5.41, 5.74) is 9.48. The Kier molecular flexibility index (Phi) is 9.77. The molecule has 0 aliphatic heterocycles. The van der Waals surface area contributed by atoms with E-state index < -0.39 is 0 Å². The van der Waals surface area contributed by atoms with Crippen LogP contribution in [-0.4, -0.2) is 5.71 Å². The maximum Gasteiger partial charge on any atom is 0.0548 e. The van der Waals surface area contributed by atoms with Crippen molar-refractivity contribution in [1.29, 1.82) is 5.41 Å². The smallest absolute Gasteiger partial charge is 0.0548 e. The summed E-state index contributed by atoms with van der Waals surface area (Å²) in [6.07, 6.45) is 0. The van der Waals surface area contributed by atoms with Crippen molar-refractivity contribution in [1.82, 2.24) is 0 Å². The average Bonchev–Trinajstić information content (AvgIpc) is 2.31. The number of hydrogen-bond donors (Lipinski definition) is 2. The Morgan fingerprint density at radius 2 is 1.59 bits per heavy atom. The van der Waals surface area contributed by atoms with E-state index in [0.29, 0.717) is 22.0 Å². The molecule has 0 bridgehead atoms. The van der Waals surface area contributed by atoms with Crippen LogP contribution in [0.1, 0.15) is 51.3 Å². The molecule has 0 saturated heterocycles. The first kappa shape index (κ1) is 18.3. The Morgan fingerprint density at radius 3 is 1.94 bits per heavy atom. The quantitative estimate of drug-likeness (QED) is 0.540. The summed E-state index contributed by atoms with van der Waals surface area (Å²) in [5, 5.41) is 8.12. The van der Waals surface area contributed by atoms with Crippen molar-refractivity contribution in [2.45, 2.75) is 48.5 Å². The summed E-state index contributed by atoms with van der Waals surface area (Å²) >= 11 is 6.08. The zero-order valence-electron chi connectivity index (χ0n) is 12.0. The van der Waals surface area contributed by atoms with Gasteiger partial charge in [0, 0.05) is 17.0 Å². The fourth-order valence-corrected chi connectivity index (χ4v) is 1.68. The third-order valence-electron chi connectivity index (χ3n) is 2.18. The summed E-state index contributed by atoms with van der Waals surface area (Å²) in [6, 6.07) is 1.86. The molecule has 0 aliphatic carbocycles. The number of aryl methyl sites for hydroxylation is 1. The van der Waals surface area contributed by atoms with Gasteiger partial charge in [0.05, 0.1) is 5.02 Å². The first-order valence-electron chi connectivity index (χ1n) is 6.06. The molecule has 3 heteroatoms. The highest BCUT2D eigenvalue weighted by Crippen LogP contribution is 2.29. The van der Waals surface area contributed by atoms with Crippen molar-refractivity contribution in [3.8, 4) is 0 Å². The molecule has 0 spiro atoms. The van der Waals surface area contributed by atoms with E-state index in [1.54, 1.807) is 6.92 Å². The number of benzene rings is 1. The van der Waals surface area contributed by atoms with E-state index in [2.05, 4.69) is 0 Å². The van der Waals surface area contributed by atoms with Gasteiger partial charge < -0.3 is 11.1 Å². The van der Waals surface area contributed by atoms with Gasteiger partial charge in [-0.2, -0.15) is 0 Å². The van der Waals surface area contributed by atoms with Gasteiger partial charge in [-0.25, -0.2) is 0 Å².